The fraction of sp³-hybridized carbons (Fsp3) is 0.591. The molecule has 1 saturated heterocycles. The smallest absolute Gasteiger partial charge is 0.291 e. The van der Waals surface area contributed by atoms with Crippen LogP contribution in [-0.4, -0.2) is 69.5 Å². The van der Waals surface area contributed by atoms with Crippen LogP contribution in [0, 0.1) is 5.92 Å². The number of nitrogens with one attached hydrogen (secondary N) is 1. The molecule has 1 saturated carbocycles. The molecule has 9 heteroatoms. The molecule has 2 fully saturated rings. The zero-order valence-corrected chi connectivity index (χ0v) is 17.8. The molecule has 1 aliphatic carbocycles. The summed E-state index contributed by atoms with van der Waals surface area (Å²) in [6.45, 7) is 3.59. The molecule has 166 valence electrons. The number of rotatable bonds is 5. The van der Waals surface area contributed by atoms with Crippen molar-refractivity contribution in [2.24, 2.45) is 5.92 Å². The summed E-state index contributed by atoms with van der Waals surface area (Å²) in [6, 6.07) is 0.0852. The highest BCUT2D eigenvalue weighted by atomic mass is 16.5. The van der Waals surface area contributed by atoms with Gasteiger partial charge in [0.1, 0.15) is 5.65 Å². The Hall–Kier alpha value is -2.65. The van der Waals surface area contributed by atoms with Gasteiger partial charge in [-0.25, -0.2) is 0 Å². The van der Waals surface area contributed by atoms with E-state index in [9.17, 15) is 14.7 Å². The summed E-state index contributed by atoms with van der Waals surface area (Å²) in [4.78, 5) is 28.2. The van der Waals surface area contributed by atoms with E-state index in [1.165, 1.54) is 4.52 Å². The number of nitrogens with zero attached hydrogens (tertiary/aromatic N) is 4. The zero-order valence-electron chi connectivity index (χ0n) is 17.8. The molecular formula is C22H29N5O4. The third-order valence-electron chi connectivity index (χ3n) is 6.49. The fourth-order valence-corrected chi connectivity index (χ4v) is 4.55. The van der Waals surface area contributed by atoms with Crippen LogP contribution in [0.3, 0.4) is 0 Å². The summed E-state index contributed by atoms with van der Waals surface area (Å²) in [5.74, 6) is -0.508. The lowest BCUT2D eigenvalue weighted by molar-refractivity contribution is 0.0607. The van der Waals surface area contributed by atoms with E-state index in [4.69, 9.17) is 4.74 Å². The highest BCUT2D eigenvalue weighted by Gasteiger charge is 2.31. The van der Waals surface area contributed by atoms with E-state index in [1.54, 1.807) is 10.8 Å². The fourth-order valence-electron chi connectivity index (χ4n) is 4.55. The van der Waals surface area contributed by atoms with Gasteiger partial charge in [0.05, 0.1) is 6.20 Å². The Morgan fingerprint density at radius 3 is 2.77 bits per heavy atom. The van der Waals surface area contributed by atoms with Gasteiger partial charge in [-0.05, 0) is 50.6 Å². The Morgan fingerprint density at radius 2 is 2.06 bits per heavy atom. The van der Waals surface area contributed by atoms with Gasteiger partial charge in [0.15, 0.2) is 5.56 Å². The molecular weight excluding hydrogens is 398 g/mol. The molecule has 0 unspecified atom stereocenters. The number of hydrogen-bond acceptors (Lipinski definition) is 6. The monoisotopic (exact) mass is 427 g/mol. The van der Waals surface area contributed by atoms with E-state index in [-0.39, 0.29) is 23.4 Å². The number of hydrogen-bond donors (Lipinski definition) is 2. The number of carbonyl (C=O) groups is 1. The van der Waals surface area contributed by atoms with Crippen LogP contribution >= 0.6 is 0 Å². The maximum Gasteiger partial charge on any atom is 0.291 e. The predicted molar refractivity (Wildman–Crippen MR) is 115 cm³/mol. The first-order valence-corrected chi connectivity index (χ1v) is 11.1. The number of carbonyl (C=O) groups excluding carboxylic acids is 1. The van der Waals surface area contributed by atoms with Gasteiger partial charge in [-0.1, -0.05) is 6.08 Å². The normalized spacial score (nSPS) is 20.7. The van der Waals surface area contributed by atoms with E-state index < -0.39 is 11.5 Å². The van der Waals surface area contributed by atoms with Gasteiger partial charge in [-0.3, -0.25) is 14.2 Å². The van der Waals surface area contributed by atoms with Gasteiger partial charge < -0.3 is 20.1 Å². The van der Waals surface area contributed by atoms with E-state index in [1.807, 2.05) is 0 Å². The van der Waals surface area contributed by atoms with Crippen molar-refractivity contribution in [3.8, 4) is 5.88 Å². The van der Waals surface area contributed by atoms with Crippen molar-refractivity contribution >= 4 is 17.1 Å². The van der Waals surface area contributed by atoms with Crippen molar-refractivity contribution in [3.63, 3.8) is 0 Å². The molecule has 2 aliphatic heterocycles. The van der Waals surface area contributed by atoms with Crippen molar-refractivity contribution in [1.82, 2.24) is 24.4 Å². The maximum atomic E-state index is 13.2. The van der Waals surface area contributed by atoms with Crippen LogP contribution < -0.4 is 10.9 Å². The largest absolute Gasteiger partial charge is 0.494 e. The first-order chi connectivity index (χ1) is 15.0. The second-order valence-electron chi connectivity index (χ2n) is 8.97. The first kappa shape index (κ1) is 20.3. The Balaban J connectivity index is 1.66. The third-order valence-corrected chi connectivity index (χ3v) is 6.49. The molecule has 9 nitrogen and oxygen atoms in total. The number of amides is 1. The van der Waals surface area contributed by atoms with Gasteiger partial charge in [-0.15, -0.1) is 0 Å². The molecule has 31 heavy (non-hydrogen) atoms. The summed E-state index contributed by atoms with van der Waals surface area (Å²) < 4.78 is 8.49. The van der Waals surface area contributed by atoms with Crippen LogP contribution in [0.25, 0.3) is 11.2 Å². The van der Waals surface area contributed by atoms with Crippen LogP contribution in [0.5, 0.6) is 5.88 Å². The van der Waals surface area contributed by atoms with Gasteiger partial charge in [0.25, 0.3) is 11.5 Å². The van der Waals surface area contributed by atoms with Crippen LogP contribution in [0.4, 0.5) is 0 Å². The quantitative estimate of drug-likeness (QED) is 0.745. The highest BCUT2D eigenvalue weighted by molar-refractivity contribution is 5.97. The lowest BCUT2D eigenvalue weighted by Gasteiger charge is -2.26. The summed E-state index contributed by atoms with van der Waals surface area (Å²) >= 11 is 0. The zero-order chi connectivity index (χ0) is 21.5. The van der Waals surface area contributed by atoms with Crippen LogP contribution in [0.2, 0.25) is 0 Å². The Labute approximate surface area is 180 Å². The van der Waals surface area contributed by atoms with Crippen molar-refractivity contribution in [1.29, 1.82) is 0 Å². The average Bonchev–Trinajstić information content (AvgIpc) is 3.46. The SMILES string of the molecule is CN1CCC=C(c2cnn3c(=O)c(C(=O)NC4CC4)c(O)n(CC4CCOCC4)c23)C1. The van der Waals surface area contributed by atoms with Crippen LogP contribution in [0.15, 0.2) is 17.1 Å². The molecule has 2 aromatic heterocycles. The topological polar surface area (TPSA) is 101 Å². The Morgan fingerprint density at radius 1 is 1.29 bits per heavy atom. The molecule has 2 N–H and O–H groups in total. The number of aromatic hydroxyl groups is 1. The number of likely N-dealkylation sites (N-methyl/N-ethyl adjacent to an activating group) is 1. The minimum Gasteiger partial charge on any atom is -0.494 e. The number of aromatic nitrogens is 3. The van der Waals surface area contributed by atoms with Gasteiger partial charge >= 0.3 is 0 Å². The summed E-state index contributed by atoms with van der Waals surface area (Å²) in [6.07, 6.45) is 8.32. The lowest BCUT2D eigenvalue weighted by Crippen LogP contribution is -2.35. The van der Waals surface area contributed by atoms with Crippen molar-refractivity contribution in [2.75, 3.05) is 33.4 Å². The van der Waals surface area contributed by atoms with Crippen molar-refractivity contribution in [3.05, 3.63) is 33.8 Å². The molecule has 0 spiro atoms. The number of ether oxygens (including phenoxy) is 1. The third kappa shape index (κ3) is 3.87. The van der Waals surface area contributed by atoms with E-state index in [0.29, 0.717) is 25.4 Å². The molecule has 4 heterocycles. The Kier molecular flexibility index (Phi) is 5.31. The van der Waals surface area contributed by atoms with E-state index >= 15 is 0 Å². The van der Waals surface area contributed by atoms with Gasteiger partial charge in [-0.2, -0.15) is 9.61 Å². The molecule has 1 amide bonds. The summed E-state index contributed by atoms with van der Waals surface area (Å²) in [5, 5.41) is 18.4. The molecule has 5 rings (SSSR count). The standard InChI is InChI=1S/C22H29N5O4/c1-25-8-2-3-15(13-25)17-11-23-27-20(17)26(12-14-6-9-31-10-7-14)21(29)18(22(27)30)19(28)24-16-4-5-16/h3,11,14,16,29H,2,4-10,12-13H2,1H3,(H,24,28). The summed E-state index contributed by atoms with van der Waals surface area (Å²) in [5.41, 5.74) is 1.66. The average molecular weight is 428 g/mol. The lowest BCUT2D eigenvalue weighted by atomic mass is 9.99. The minimum atomic E-state index is -0.579. The molecule has 3 aliphatic rings. The Bertz CT molecular complexity index is 1090. The molecule has 0 radical (unpaired) electrons. The summed E-state index contributed by atoms with van der Waals surface area (Å²) in [7, 11) is 2.06. The van der Waals surface area contributed by atoms with Crippen LogP contribution in [-0.2, 0) is 11.3 Å². The van der Waals surface area contributed by atoms with Crippen LogP contribution in [0.1, 0.15) is 48.0 Å². The maximum absolute atomic E-state index is 13.2. The van der Waals surface area contributed by atoms with Crippen molar-refractivity contribution < 1.29 is 14.6 Å². The molecule has 0 bridgehead atoms. The highest BCUT2D eigenvalue weighted by Crippen LogP contribution is 2.30. The van der Waals surface area contributed by atoms with Gasteiger partial charge in [0, 0.05) is 44.5 Å². The van der Waals surface area contributed by atoms with Crippen molar-refractivity contribution in [2.45, 2.75) is 44.7 Å². The predicted octanol–water partition coefficient (Wildman–Crippen LogP) is 1.24. The minimum absolute atomic E-state index is 0.0852. The van der Waals surface area contributed by atoms with Gasteiger partial charge in [0.2, 0.25) is 5.88 Å². The molecule has 0 atom stereocenters. The second-order valence-corrected chi connectivity index (χ2v) is 8.97. The molecule has 0 aromatic carbocycles. The first-order valence-electron chi connectivity index (χ1n) is 11.1. The second kappa shape index (κ2) is 8.12. The number of fused-ring (bicyclic) bond motifs is 1. The van der Waals surface area contributed by atoms with E-state index in [0.717, 1.165) is 56.3 Å². The van der Waals surface area contributed by atoms with E-state index in [2.05, 4.69) is 28.4 Å². The molecule has 2 aromatic rings.